The first-order valence-electron chi connectivity index (χ1n) is 5.58. The van der Waals surface area contributed by atoms with Gasteiger partial charge in [-0.1, -0.05) is 30.3 Å². The van der Waals surface area contributed by atoms with Gasteiger partial charge in [0.05, 0.1) is 0 Å². The largest absolute Gasteiger partial charge is 0.334 e. The molecule has 0 aliphatic heterocycles. The third kappa shape index (κ3) is 3.59. The first-order chi connectivity index (χ1) is 8.74. The summed E-state index contributed by atoms with van der Waals surface area (Å²) in [6.45, 7) is 0.288. The third-order valence-electron chi connectivity index (χ3n) is 2.37. The maximum absolute atomic E-state index is 12.9. The highest BCUT2D eigenvalue weighted by atomic mass is 19.1. The summed E-state index contributed by atoms with van der Waals surface area (Å²) < 4.78 is 12.9. The molecule has 3 nitrogen and oxygen atoms in total. The van der Waals surface area contributed by atoms with E-state index < -0.39 is 0 Å². The molecule has 0 radical (unpaired) electrons. The molecule has 0 aliphatic carbocycles. The maximum Gasteiger partial charge on any atom is 0.319 e. The molecule has 0 aromatic heterocycles. The van der Waals surface area contributed by atoms with Crippen molar-refractivity contribution in [3.63, 3.8) is 0 Å². The fourth-order valence-corrected chi connectivity index (χ4v) is 1.53. The van der Waals surface area contributed by atoms with Crippen LogP contribution in [0.25, 0.3) is 0 Å². The fraction of sp³-hybridized carbons (Fsp3) is 0.0714. The Bertz CT molecular complexity index is 528. The molecule has 2 amide bonds. The van der Waals surface area contributed by atoms with Gasteiger partial charge in [0.15, 0.2) is 0 Å². The number of hydrogen-bond acceptors (Lipinski definition) is 1. The molecule has 0 unspecified atom stereocenters. The van der Waals surface area contributed by atoms with Crippen LogP contribution >= 0.6 is 0 Å². The molecule has 92 valence electrons. The van der Waals surface area contributed by atoms with Crippen LogP contribution in [-0.4, -0.2) is 6.03 Å². The second-order valence-electron chi connectivity index (χ2n) is 3.80. The van der Waals surface area contributed by atoms with E-state index in [-0.39, 0.29) is 18.4 Å². The van der Waals surface area contributed by atoms with Gasteiger partial charge in [0.1, 0.15) is 5.82 Å². The first-order valence-corrected chi connectivity index (χ1v) is 5.58. The Morgan fingerprint density at radius 3 is 2.56 bits per heavy atom. The van der Waals surface area contributed by atoms with Crippen molar-refractivity contribution in [3.8, 4) is 0 Å². The first kappa shape index (κ1) is 12.1. The van der Waals surface area contributed by atoms with E-state index in [2.05, 4.69) is 10.6 Å². The SMILES string of the molecule is O=C(NCc1cccc(F)c1)Nc1ccccc1. The smallest absolute Gasteiger partial charge is 0.319 e. The van der Waals surface area contributed by atoms with E-state index in [1.54, 1.807) is 24.3 Å². The van der Waals surface area contributed by atoms with E-state index in [1.165, 1.54) is 12.1 Å². The standard InChI is InChI=1S/C14H13FN2O/c15-12-6-4-5-11(9-12)10-16-14(18)17-13-7-2-1-3-8-13/h1-9H,10H2,(H2,16,17,18). The number of hydrogen-bond donors (Lipinski definition) is 2. The number of nitrogens with one attached hydrogen (secondary N) is 2. The van der Waals surface area contributed by atoms with Crippen LogP contribution in [0.15, 0.2) is 54.6 Å². The van der Waals surface area contributed by atoms with Crippen LogP contribution in [0.1, 0.15) is 5.56 Å². The Morgan fingerprint density at radius 2 is 1.83 bits per heavy atom. The lowest BCUT2D eigenvalue weighted by Gasteiger charge is -2.07. The van der Waals surface area contributed by atoms with Crippen molar-refractivity contribution >= 4 is 11.7 Å². The summed E-state index contributed by atoms with van der Waals surface area (Å²) >= 11 is 0. The average Bonchev–Trinajstić information content (AvgIpc) is 2.38. The van der Waals surface area contributed by atoms with Crippen molar-refractivity contribution in [2.75, 3.05) is 5.32 Å². The van der Waals surface area contributed by atoms with Crippen molar-refractivity contribution in [1.82, 2.24) is 5.32 Å². The van der Waals surface area contributed by atoms with Crippen molar-refractivity contribution in [2.45, 2.75) is 6.54 Å². The second-order valence-corrected chi connectivity index (χ2v) is 3.80. The zero-order chi connectivity index (χ0) is 12.8. The molecule has 0 bridgehead atoms. The van der Waals surface area contributed by atoms with Crippen LogP contribution < -0.4 is 10.6 Å². The quantitative estimate of drug-likeness (QED) is 0.855. The summed E-state index contributed by atoms with van der Waals surface area (Å²) in [7, 11) is 0. The molecule has 0 aliphatic rings. The molecular weight excluding hydrogens is 231 g/mol. The van der Waals surface area contributed by atoms with Gasteiger partial charge >= 0.3 is 6.03 Å². The van der Waals surface area contributed by atoms with Crippen molar-refractivity contribution in [2.24, 2.45) is 0 Å². The molecule has 2 aromatic rings. The Morgan fingerprint density at radius 1 is 1.06 bits per heavy atom. The van der Waals surface area contributed by atoms with Gasteiger partial charge in [-0.2, -0.15) is 0 Å². The van der Waals surface area contributed by atoms with Gasteiger partial charge in [-0.3, -0.25) is 0 Å². The number of carbonyl (C=O) groups is 1. The van der Waals surface area contributed by atoms with Crippen LogP contribution in [0.2, 0.25) is 0 Å². The van der Waals surface area contributed by atoms with E-state index in [4.69, 9.17) is 0 Å². The van der Waals surface area contributed by atoms with Crippen LogP contribution in [-0.2, 0) is 6.54 Å². The fourth-order valence-electron chi connectivity index (χ4n) is 1.53. The summed E-state index contributed by atoms with van der Waals surface area (Å²) in [5.41, 5.74) is 1.44. The molecule has 18 heavy (non-hydrogen) atoms. The van der Waals surface area contributed by atoms with Gasteiger partial charge in [0.25, 0.3) is 0 Å². The van der Waals surface area contributed by atoms with E-state index in [1.807, 2.05) is 18.2 Å². The topological polar surface area (TPSA) is 41.1 Å². The molecule has 0 saturated carbocycles. The minimum absolute atomic E-state index is 0.288. The Balaban J connectivity index is 1.85. The van der Waals surface area contributed by atoms with Crippen molar-refractivity contribution in [1.29, 1.82) is 0 Å². The predicted molar refractivity (Wildman–Crippen MR) is 68.7 cm³/mol. The minimum atomic E-state index is -0.314. The third-order valence-corrected chi connectivity index (χ3v) is 2.37. The molecule has 2 rings (SSSR count). The summed E-state index contributed by atoms with van der Waals surface area (Å²) in [6.07, 6.45) is 0. The van der Waals surface area contributed by atoms with E-state index in [9.17, 15) is 9.18 Å². The average molecular weight is 244 g/mol. The lowest BCUT2D eigenvalue weighted by Crippen LogP contribution is -2.28. The van der Waals surface area contributed by atoms with Crippen LogP contribution in [0.5, 0.6) is 0 Å². The second kappa shape index (κ2) is 5.82. The number of para-hydroxylation sites is 1. The lowest BCUT2D eigenvalue weighted by atomic mass is 10.2. The lowest BCUT2D eigenvalue weighted by molar-refractivity contribution is 0.251. The van der Waals surface area contributed by atoms with E-state index in [0.717, 1.165) is 5.56 Å². The van der Waals surface area contributed by atoms with Gasteiger partial charge in [-0.25, -0.2) is 9.18 Å². The molecule has 0 spiro atoms. The molecule has 0 saturated heterocycles. The monoisotopic (exact) mass is 244 g/mol. The van der Waals surface area contributed by atoms with Crippen LogP contribution in [0.3, 0.4) is 0 Å². The van der Waals surface area contributed by atoms with Crippen LogP contribution in [0, 0.1) is 5.82 Å². The molecular formula is C14H13FN2O. The molecule has 0 atom stereocenters. The minimum Gasteiger partial charge on any atom is -0.334 e. The molecule has 4 heteroatoms. The van der Waals surface area contributed by atoms with Gasteiger partial charge in [-0.15, -0.1) is 0 Å². The molecule has 2 N–H and O–H groups in total. The Labute approximate surface area is 105 Å². The van der Waals surface area contributed by atoms with E-state index in [0.29, 0.717) is 5.69 Å². The van der Waals surface area contributed by atoms with Gasteiger partial charge in [-0.05, 0) is 29.8 Å². The van der Waals surface area contributed by atoms with Gasteiger partial charge in [0.2, 0.25) is 0 Å². The van der Waals surface area contributed by atoms with E-state index >= 15 is 0 Å². The summed E-state index contributed by atoms with van der Waals surface area (Å²) in [6, 6.07) is 14.9. The Hall–Kier alpha value is -2.36. The predicted octanol–water partition coefficient (Wildman–Crippen LogP) is 3.15. The molecule has 0 heterocycles. The maximum atomic E-state index is 12.9. The highest BCUT2D eigenvalue weighted by Gasteiger charge is 2.01. The summed E-state index contributed by atoms with van der Waals surface area (Å²) in [5, 5.41) is 5.34. The Kier molecular flexibility index (Phi) is 3.91. The molecule has 0 fully saturated rings. The number of halogens is 1. The number of carbonyl (C=O) groups excluding carboxylic acids is 1. The normalized spacial score (nSPS) is 9.83. The van der Waals surface area contributed by atoms with Crippen molar-refractivity contribution < 1.29 is 9.18 Å². The van der Waals surface area contributed by atoms with Crippen LogP contribution in [0.4, 0.5) is 14.9 Å². The number of rotatable bonds is 3. The highest BCUT2D eigenvalue weighted by molar-refractivity contribution is 5.89. The number of urea groups is 1. The molecule has 2 aromatic carbocycles. The zero-order valence-corrected chi connectivity index (χ0v) is 9.69. The number of anilines is 1. The van der Waals surface area contributed by atoms with Crippen molar-refractivity contribution in [3.05, 3.63) is 66.0 Å². The summed E-state index contributed by atoms with van der Waals surface area (Å²) in [4.78, 5) is 11.6. The number of benzene rings is 2. The summed E-state index contributed by atoms with van der Waals surface area (Å²) in [5.74, 6) is -0.308. The van der Waals surface area contributed by atoms with Gasteiger partial charge in [0, 0.05) is 12.2 Å². The highest BCUT2D eigenvalue weighted by Crippen LogP contribution is 2.05. The van der Waals surface area contributed by atoms with Gasteiger partial charge < -0.3 is 10.6 Å². The zero-order valence-electron chi connectivity index (χ0n) is 9.69. The number of amides is 2.